The van der Waals surface area contributed by atoms with E-state index in [2.05, 4.69) is 4.72 Å². The summed E-state index contributed by atoms with van der Waals surface area (Å²) in [4.78, 5) is 3.09. The van der Waals surface area contributed by atoms with Gasteiger partial charge < -0.3 is 5.11 Å². The lowest BCUT2D eigenvalue weighted by molar-refractivity contribution is 0.300. The van der Waals surface area contributed by atoms with Crippen molar-refractivity contribution in [3.8, 4) is 0 Å². The van der Waals surface area contributed by atoms with Gasteiger partial charge in [-0.3, -0.25) is 0 Å². The number of aliphatic hydroxyl groups excluding tert-OH is 1. The summed E-state index contributed by atoms with van der Waals surface area (Å²) in [5, 5.41) is 8.86. The van der Waals surface area contributed by atoms with Gasteiger partial charge in [-0.15, -0.1) is 22.7 Å². The van der Waals surface area contributed by atoms with Crippen molar-refractivity contribution in [2.45, 2.75) is 31.0 Å². The van der Waals surface area contributed by atoms with Gasteiger partial charge in [0.25, 0.3) is 0 Å². The Morgan fingerprint density at radius 3 is 2.55 bits per heavy atom. The van der Waals surface area contributed by atoms with Crippen LogP contribution >= 0.6 is 22.7 Å². The minimum atomic E-state index is -3.47. The maximum Gasteiger partial charge on any atom is 0.250 e. The van der Waals surface area contributed by atoms with Crippen LogP contribution in [-0.2, 0) is 23.0 Å². The molecule has 0 spiro atoms. The summed E-state index contributed by atoms with van der Waals surface area (Å²) >= 11 is 2.81. The van der Waals surface area contributed by atoms with Gasteiger partial charge in [-0.05, 0) is 37.6 Å². The summed E-state index contributed by atoms with van der Waals surface area (Å²) in [7, 11) is -3.47. The Morgan fingerprint density at radius 2 is 1.95 bits per heavy atom. The highest BCUT2D eigenvalue weighted by molar-refractivity contribution is 7.91. The van der Waals surface area contributed by atoms with Crippen molar-refractivity contribution in [2.24, 2.45) is 0 Å². The van der Waals surface area contributed by atoms with Crippen molar-refractivity contribution in [1.82, 2.24) is 4.72 Å². The first-order valence-electron chi connectivity index (χ1n) is 6.17. The Hall–Kier alpha value is -0.730. The fourth-order valence-electron chi connectivity index (χ4n) is 1.72. The molecule has 0 aromatic carbocycles. The van der Waals surface area contributed by atoms with Crippen LogP contribution in [0.4, 0.5) is 0 Å². The minimum Gasteiger partial charge on any atom is -0.396 e. The third-order valence-electron chi connectivity index (χ3n) is 2.91. The van der Waals surface area contributed by atoms with Crippen LogP contribution in [0.25, 0.3) is 0 Å². The molecule has 0 saturated carbocycles. The number of aliphatic hydroxyl groups is 1. The lowest BCUT2D eigenvalue weighted by Gasteiger charge is -2.02. The zero-order valence-corrected chi connectivity index (χ0v) is 13.8. The Morgan fingerprint density at radius 1 is 1.20 bits per heavy atom. The van der Waals surface area contributed by atoms with Crippen molar-refractivity contribution in [2.75, 3.05) is 6.61 Å². The fraction of sp³-hybridized carbons (Fsp3) is 0.385. The molecule has 2 N–H and O–H groups in total. The molecule has 2 heterocycles. The first-order valence-corrected chi connectivity index (χ1v) is 9.29. The molecule has 4 nitrogen and oxygen atoms in total. The highest BCUT2D eigenvalue weighted by atomic mass is 32.2. The van der Waals surface area contributed by atoms with E-state index < -0.39 is 10.0 Å². The Kier molecular flexibility index (Phi) is 4.98. The first-order chi connectivity index (χ1) is 9.42. The predicted octanol–water partition coefficient (Wildman–Crippen LogP) is 2.44. The second-order valence-corrected chi connectivity index (χ2v) is 8.97. The summed E-state index contributed by atoms with van der Waals surface area (Å²) in [5.41, 5.74) is 1.19. The van der Waals surface area contributed by atoms with Crippen molar-refractivity contribution in [3.63, 3.8) is 0 Å². The molecule has 0 aliphatic rings. The van der Waals surface area contributed by atoms with Crippen LogP contribution in [0.3, 0.4) is 0 Å². The summed E-state index contributed by atoms with van der Waals surface area (Å²) in [6.45, 7) is 4.39. The van der Waals surface area contributed by atoms with Gasteiger partial charge in [-0.1, -0.05) is 0 Å². The Bertz CT molecular complexity index is 666. The molecule has 20 heavy (non-hydrogen) atoms. The van der Waals surface area contributed by atoms with Gasteiger partial charge in [0.2, 0.25) is 10.0 Å². The minimum absolute atomic E-state index is 0.0289. The molecule has 0 aliphatic carbocycles. The molecule has 110 valence electrons. The largest absolute Gasteiger partial charge is 0.396 e. The quantitative estimate of drug-likeness (QED) is 0.854. The van der Waals surface area contributed by atoms with Gasteiger partial charge in [0.05, 0.1) is 0 Å². The van der Waals surface area contributed by atoms with E-state index in [9.17, 15) is 8.42 Å². The number of aryl methyl sites for hydroxylation is 2. The van der Waals surface area contributed by atoms with E-state index in [0.29, 0.717) is 17.2 Å². The summed E-state index contributed by atoms with van der Waals surface area (Å²) < 4.78 is 27.2. The van der Waals surface area contributed by atoms with Gasteiger partial charge in [0.15, 0.2) is 0 Å². The van der Waals surface area contributed by atoms with Crippen LogP contribution in [0.2, 0.25) is 0 Å². The average Bonchev–Trinajstić information content (AvgIpc) is 2.96. The van der Waals surface area contributed by atoms with E-state index in [1.54, 1.807) is 23.5 Å². The number of nitrogens with one attached hydrogen (secondary N) is 1. The van der Waals surface area contributed by atoms with Crippen molar-refractivity contribution in [3.05, 3.63) is 38.4 Å². The van der Waals surface area contributed by atoms with Crippen LogP contribution in [0, 0.1) is 13.8 Å². The number of sulfonamides is 1. The van der Waals surface area contributed by atoms with Gasteiger partial charge in [-0.25, -0.2) is 13.1 Å². The van der Waals surface area contributed by atoms with Crippen LogP contribution < -0.4 is 4.72 Å². The number of thiophene rings is 2. The third-order valence-corrected chi connectivity index (χ3v) is 7.10. The highest BCUT2D eigenvalue weighted by Crippen LogP contribution is 2.24. The molecule has 0 atom stereocenters. The average molecular weight is 331 g/mol. The van der Waals surface area contributed by atoms with Gasteiger partial charge in [0, 0.05) is 34.2 Å². The standard InChI is InChI=1S/C13H17NO3S3/c1-9-7-12(18-10(9)2)8-14-20(16,17)13-4-3-11(19-13)5-6-15/h3-4,7,14-15H,5-6,8H2,1-2H3. The van der Waals surface area contributed by atoms with E-state index in [1.807, 2.05) is 19.9 Å². The maximum absolute atomic E-state index is 12.2. The zero-order valence-electron chi connectivity index (χ0n) is 11.3. The molecule has 0 saturated heterocycles. The van der Waals surface area contributed by atoms with Crippen LogP contribution in [0.5, 0.6) is 0 Å². The molecule has 0 bridgehead atoms. The highest BCUT2D eigenvalue weighted by Gasteiger charge is 2.17. The fourth-order valence-corrected chi connectivity index (χ4v) is 5.20. The van der Waals surface area contributed by atoms with E-state index in [0.717, 1.165) is 9.75 Å². The second kappa shape index (κ2) is 6.36. The normalized spacial score (nSPS) is 11.9. The Balaban J connectivity index is 2.06. The van der Waals surface area contributed by atoms with E-state index in [1.165, 1.54) is 21.8 Å². The van der Waals surface area contributed by atoms with Crippen molar-refractivity contribution < 1.29 is 13.5 Å². The lowest BCUT2D eigenvalue weighted by Crippen LogP contribution is -2.21. The van der Waals surface area contributed by atoms with E-state index in [4.69, 9.17) is 5.11 Å². The maximum atomic E-state index is 12.2. The molecule has 2 aromatic heterocycles. The first kappa shape index (κ1) is 15.7. The van der Waals surface area contributed by atoms with Crippen LogP contribution in [0.15, 0.2) is 22.4 Å². The summed E-state index contributed by atoms with van der Waals surface area (Å²) in [5.74, 6) is 0. The molecular formula is C13H17NO3S3. The van der Waals surface area contributed by atoms with E-state index >= 15 is 0 Å². The van der Waals surface area contributed by atoms with Crippen molar-refractivity contribution >= 4 is 32.7 Å². The number of rotatable bonds is 6. The smallest absolute Gasteiger partial charge is 0.250 e. The molecule has 2 rings (SSSR count). The molecule has 0 amide bonds. The molecule has 0 aliphatic heterocycles. The van der Waals surface area contributed by atoms with Crippen molar-refractivity contribution in [1.29, 1.82) is 0 Å². The zero-order chi connectivity index (χ0) is 14.8. The SMILES string of the molecule is Cc1cc(CNS(=O)(=O)c2ccc(CCO)s2)sc1C. The lowest BCUT2D eigenvalue weighted by atomic mass is 10.3. The summed E-state index contributed by atoms with van der Waals surface area (Å²) in [6, 6.07) is 5.34. The van der Waals surface area contributed by atoms with Crippen LogP contribution in [0.1, 0.15) is 20.2 Å². The third kappa shape index (κ3) is 3.67. The topological polar surface area (TPSA) is 66.4 Å². The Labute approximate surface area is 127 Å². The second-order valence-electron chi connectivity index (χ2n) is 4.47. The molecule has 0 radical (unpaired) electrons. The summed E-state index contributed by atoms with van der Waals surface area (Å²) in [6.07, 6.45) is 0.490. The van der Waals surface area contributed by atoms with Gasteiger partial charge in [-0.2, -0.15) is 0 Å². The van der Waals surface area contributed by atoms with E-state index in [-0.39, 0.29) is 6.61 Å². The molecule has 7 heteroatoms. The predicted molar refractivity (Wildman–Crippen MR) is 82.9 cm³/mol. The molecule has 0 fully saturated rings. The van der Waals surface area contributed by atoms with Gasteiger partial charge in [0.1, 0.15) is 4.21 Å². The monoisotopic (exact) mass is 331 g/mol. The molecule has 0 unspecified atom stereocenters. The van der Waals surface area contributed by atoms with Gasteiger partial charge >= 0.3 is 0 Å². The molecular weight excluding hydrogens is 314 g/mol. The molecule has 2 aromatic rings. The number of hydrogen-bond donors (Lipinski definition) is 2. The van der Waals surface area contributed by atoms with Crippen LogP contribution in [-0.4, -0.2) is 20.1 Å². The number of hydrogen-bond acceptors (Lipinski definition) is 5.